The van der Waals surface area contributed by atoms with Gasteiger partial charge in [-0.2, -0.15) is 0 Å². The minimum atomic E-state index is -0.356. The number of thiocarbonyl (C=S) groups is 1. The van der Waals surface area contributed by atoms with Crippen LogP contribution >= 0.6 is 12.2 Å². The highest BCUT2D eigenvalue weighted by Crippen LogP contribution is 2.10. The Morgan fingerprint density at radius 3 is 2.39 bits per heavy atom. The molecule has 2 N–H and O–H groups in total. The molecule has 98 valence electrons. The third-order valence-corrected chi connectivity index (χ3v) is 2.78. The summed E-state index contributed by atoms with van der Waals surface area (Å²) >= 11 is 4.81. The van der Waals surface area contributed by atoms with Gasteiger partial charge in [-0.1, -0.05) is 12.2 Å². The van der Waals surface area contributed by atoms with Crippen molar-refractivity contribution >= 4 is 23.1 Å². The van der Waals surface area contributed by atoms with Crippen LogP contribution in [-0.4, -0.2) is 28.4 Å². The van der Waals surface area contributed by atoms with Gasteiger partial charge in [-0.25, -0.2) is 4.39 Å². The van der Waals surface area contributed by atoms with Gasteiger partial charge >= 0.3 is 0 Å². The van der Waals surface area contributed by atoms with Crippen molar-refractivity contribution in [3.63, 3.8) is 0 Å². The van der Waals surface area contributed by atoms with Gasteiger partial charge in [-0.15, -0.1) is 0 Å². The van der Waals surface area contributed by atoms with Gasteiger partial charge in [0.2, 0.25) is 0 Å². The Balaban J connectivity index is 2.82. The Hall–Kier alpha value is -1.49. The molecule has 0 saturated heterocycles. The molecule has 0 saturated carbocycles. The van der Waals surface area contributed by atoms with Crippen LogP contribution in [0.2, 0.25) is 0 Å². The normalized spacial score (nSPS) is 10.4. The fourth-order valence-corrected chi connectivity index (χ4v) is 1.67. The zero-order chi connectivity index (χ0) is 13.7. The van der Waals surface area contributed by atoms with Gasteiger partial charge in [0.15, 0.2) is 0 Å². The molecule has 0 bridgehead atoms. The molecule has 0 aliphatic carbocycles. The Kier molecular flexibility index (Phi) is 5.22. The highest BCUT2D eigenvalue weighted by Gasteiger charge is 2.18. The molecule has 0 atom stereocenters. The molecule has 0 fully saturated rings. The van der Waals surface area contributed by atoms with Gasteiger partial charge in [0, 0.05) is 24.6 Å². The molecule has 1 aromatic carbocycles. The molecule has 1 aromatic rings. The number of hydrogen-bond acceptors (Lipinski definition) is 2. The number of hydrogen-bond donors (Lipinski definition) is 1. The van der Waals surface area contributed by atoms with Crippen molar-refractivity contribution in [2.75, 3.05) is 6.54 Å². The van der Waals surface area contributed by atoms with Crippen molar-refractivity contribution in [2.45, 2.75) is 26.3 Å². The highest BCUT2D eigenvalue weighted by atomic mass is 32.1. The van der Waals surface area contributed by atoms with Crippen molar-refractivity contribution in [3.05, 3.63) is 35.6 Å². The van der Waals surface area contributed by atoms with Crippen LogP contribution in [0.1, 0.15) is 30.6 Å². The van der Waals surface area contributed by atoms with Crippen LogP contribution in [-0.2, 0) is 0 Å². The maximum atomic E-state index is 12.8. The summed E-state index contributed by atoms with van der Waals surface area (Å²) in [5, 5.41) is 0. The van der Waals surface area contributed by atoms with Crippen molar-refractivity contribution in [1.82, 2.24) is 4.90 Å². The van der Waals surface area contributed by atoms with E-state index in [9.17, 15) is 9.18 Å². The quantitative estimate of drug-likeness (QED) is 0.834. The zero-order valence-electron chi connectivity index (χ0n) is 10.5. The summed E-state index contributed by atoms with van der Waals surface area (Å²) in [4.78, 5) is 14.3. The zero-order valence-corrected chi connectivity index (χ0v) is 11.3. The highest BCUT2D eigenvalue weighted by molar-refractivity contribution is 7.80. The number of benzene rings is 1. The van der Waals surface area contributed by atoms with E-state index < -0.39 is 0 Å². The maximum absolute atomic E-state index is 12.8. The first-order valence-corrected chi connectivity index (χ1v) is 6.17. The Bertz CT molecular complexity index is 431. The first-order valence-electron chi connectivity index (χ1n) is 5.76. The monoisotopic (exact) mass is 268 g/mol. The third kappa shape index (κ3) is 4.07. The standard InChI is InChI=1S/C13H17FN2OS/c1-9(2)16(8-7-12(15)18)13(17)10-3-5-11(14)6-4-10/h3-6,9H,7-8H2,1-2H3,(H2,15,18). The van der Waals surface area contributed by atoms with Crippen LogP contribution in [0.4, 0.5) is 4.39 Å². The van der Waals surface area contributed by atoms with Gasteiger partial charge in [-0.05, 0) is 38.1 Å². The van der Waals surface area contributed by atoms with E-state index in [2.05, 4.69) is 0 Å². The number of amides is 1. The van der Waals surface area contributed by atoms with Gasteiger partial charge in [-0.3, -0.25) is 4.79 Å². The van der Waals surface area contributed by atoms with E-state index in [0.29, 0.717) is 23.5 Å². The van der Waals surface area contributed by atoms with Crippen LogP contribution < -0.4 is 5.73 Å². The minimum Gasteiger partial charge on any atom is -0.393 e. The van der Waals surface area contributed by atoms with E-state index in [4.69, 9.17) is 18.0 Å². The lowest BCUT2D eigenvalue weighted by molar-refractivity contribution is 0.0711. The van der Waals surface area contributed by atoms with Crippen molar-refractivity contribution < 1.29 is 9.18 Å². The Morgan fingerprint density at radius 2 is 1.94 bits per heavy atom. The van der Waals surface area contributed by atoms with Crippen LogP contribution in [0.15, 0.2) is 24.3 Å². The van der Waals surface area contributed by atoms with Crippen LogP contribution in [0.3, 0.4) is 0 Å². The molecule has 0 aromatic heterocycles. The SMILES string of the molecule is CC(C)N(CCC(N)=S)C(=O)c1ccc(F)cc1. The summed E-state index contributed by atoms with van der Waals surface area (Å²) in [6.07, 6.45) is 0.487. The molecule has 0 unspecified atom stereocenters. The number of carbonyl (C=O) groups is 1. The number of halogens is 1. The van der Waals surface area contributed by atoms with Crippen LogP contribution in [0, 0.1) is 5.82 Å². The van der Waals surface area contributed by atoms with Crippen LogP contribution in [0.5, 0.6) is 0 Å². The molecular weight excluding hydrogens is 251 g/mol. The first kappa shape index (κ1) is 14.6. The Morgan fingerprint density at radius 1 is 1.39 bits per heavy atom. The van der Waals surface area contributed by atoms with E-state index >= 15 is 0 Å². The second kappa shape index (κ2) is 6.44. The second-order valence-corrected chi connectivity index (χ2v) is 4.84. The first-order chi connectivity index (χ1) is 8.41. The van der Waals surface area contributed by atoms with E-state index in [1.54, 1.807) is 4.90 Å². The van der Waals surface area contributed by atoms with Crippen molar-refractivity contribution in [1.29, 1.82) is 0 Å². The number of nitrogens with zero attached hydrogens (tertiary/aromatic N) is 1. The van der Waals surface area contributed by atoms with Gasteiger partial charge in [0.1, 0.15) is 5.82 Å². The fraction of sp³-hybridized carbons (Fsp3) is 0.385. The summed E-state index contributed by atoms with van der Waals surface area (Å²) in [5.74, 6) is -0.493. The topological polar surface area (TPSA) is 46.3 Å². The Labute approximate surface area is 112 Å². The molecule has 1 amide bonds. The van der Waals surface area contributed by atoms with Gasteiger partial charge < -0.3 is 10.6 Å². The average molecular weight is 268 g/mol. The molecule has 18 heavy (non-hydrogen) atoms. The molecule has 0 radical (unpaired) electrons. The lowest BCUT2D eigenvalue weighted by atomic mass is 10.1. The summed E-state index contributed by atoms with van der Waals surface area (Å²) in [6.45, 7) is 4.31. The number of nitrogens with two attached hydrogens (primary N) is 1. The summed E-state index contributed by atoms with van der Waals surface area (Å²) in [6, 6.07) is 5.55. The molecule has 1 rings (SSSR count). The van der Waals surface area contributed by atoms with E-state index in [1.165, 1.54) is 24.3 Å². The lowest BCUT2D eigenvalue weighted by Gasteiger charge is -2.26. The fourth-order valence-electron chi connectivity index (χ4n) is 1.58. The smallest absolute Gasteiger partial charge is 0.254 e. The molecule has 3 nitrogen and oxygen atoms in total. The van der Waals surface area contributed by atoms with Crippen LogP contribution in [0.25, 0.3) is 0 Å². The van der Waals surface area contributed by atoms with Gasteiger partial charge in [0.05, 0.1) is 4.99 Å². The largest absolute Gasteiger partial charge is 0.393 e. The second-order valence-electron chi connectivity index (χ2n) is 4.32. The predicted octanol–water partition coefficient (Wildman–Crippen LogP) is 2.35. The van der Waals surface area contributed by atoms with Crippen molar-refractivity contribution in [3.8, 4) is 0 Å². The molecule has 0 heterocycles. The van der Waals surface area contributed by atoms with E-state index in [-0.39, 0.29) is 17.8 Å². The molecule has 5 heteroatoms. The maximum Gasteiger partial charge on any atom is 0.254 e. The summed E-state index contributed by atoms with van der Waals surface area (Å²) in [5.41, 5.74) is 5.91. The molecule has 0 spiro atoms. The van der Waals surface area contributed by atoms with Crippen molar-refractivity contribution in [2.24, 2.45) is 5.73 Å². The average Bonchev–Trinajstić information content (AvgIpc) is 2.29. The van der Waals surface area contributed by atoms with E-state index in [1.807, 2.05) is 13.8 Å². The summed E-state index contributed by atoms with van der Waals surface area (Å²) < 4.78 is 12.8. The number of rotatable bonds is 5. The molecule has 0 aliphatic heterocycles. The predicted molar refractivity (Wildman–Crippen MR) is 74.0 cm³/mol. The third-order valence-electron chi connectivity index (χ3n) is 2.57. The molecule has 0 aliphatic rings. The van der Waals surface area contributed by atoms with E-state index in [0.717, 1.165) is 0 Å². The summed E-state index contributed by atoms with van der Waals surface area (Å²) in [7, 11) is 0. The molecular formula is C13H17FN2OS. The minimum absolute atomic E-state index is 0.0388. The lowest BCUT2D eigenvalue weighted by Crippen LogP contribution is -2.38. The number of carbonyl (C=O) groups excluding carboxylic acids is 1. The van der Waals surface area contributed by atoms with Gasteiger partial charge in [0.25, 0.3) is 5.91 Å².